The average molecular weight is 422 g/mol. The molecule has 1 aliphatic carbocycles. The van der Waals surface area contributed by atoms with Crippen molar-refractivity contribution in [1.82, 2.24) is 25.1 Å². The quantitative estimate of drug-likeness (QED) is 0.544. The van der Waals surface area contributed by atoms with Crippen LogP contribution in [0.3, 0.4) is 0 Å². The molecular formula is C22H39N5O3. The first-order chi connectivity index (χ1) is 14.3. The normalized spacial score (nSPS) is 15.8. The average Bonchev–Trinajstić information content (AvgIpc) is 3.46. The van der Waals surface area contributed by atoms with Crippen LogP contribution >= 0.6 is 0 Å². The highest BCUT2D eigenvalue weighted by atomic mass is 16.6. The van der Waals surface area contributed by atoms with E-state index in [2.05, 4.69) is 28.4 Å². The van der Waals surface area contributed by atoms with Crippen LogP contribution < -0.4 is 5.32 Å². The Kier molecular flexibility index (Phi) is 11.2. The largest absolute Gasteiger partial charge is 0.444 e. The molecule has 30 heavy (non-hydrogen) atoms. The predicted molar refractivity (Wildman–Crippen MR) is 119 cm³/mol. The van der Waals surface area contributed by atoms with Crippen molar-refractivity contribution in [3.05, 3.63) is 30.9 Å². The maximum absolute atomic E-state index is 11.5. The molecule has 2 amide bonds. The molecule has 3 rings (SSSR count). The number of hydrogen-bond donors (Lipinski definition) is 2. The number of nitrogens with one attached hydrogen (secondary N) is 2. The summed E-state index contributed by atoms with van der Waals surface area (Å²) in [7, 11) is 0. The Hall–Kier alpha value is -2.35. The summed E-state index contributed by atoms with van der Waals surface area (Å²) in [4.78, 5) is 33.2. The van der Waals surface area contributed by atoms with Gasteiger partial charge in [0.1, 0.15) is 5.60 Å². The molecule has 170 valence electrons. The maximum Gasteiger partial charge on any atom is 0.410 e. The molecule has 1 aromatic rings. The molecule has 1 saturated carbocycles. The second-order valence-electron chi connectivity index (χ2n) is 8.49. The monoisotopic (exact) mass is 421 g/mol. The van der Waals surface area contributed by atoms with Gasteiger partial charge in [-0.2, -0.15) is 0 Å². The number of amides is 2. The Labute approximate surface area is 181 Å². The Bertz CT molecular complexity index is 631. The van der Waals surface area contributed by atoms with Gasteiger partial charge in [-0.25, -0.2) is 9.78 Å². The van der Waals surface area contributed by atoms with Gasteiger partial charge in [-0.05, 0) is 46.5 Å². The van der Waals surface area contributed by atoms with Gasteiger partial charge in [0.15, 0.2) is 0 Å². The molecule has 1 aliphatic heterocycles. The Morgan fingerprint density at radius 3 is 2.43 bits per heavy atom. The first-order valence-electron chi connectivity index (χ1n) is 10.7. The lowest BCUT2D eigenvalue weighted by molar-refractivity contribution is -0.118. The predicted octanol–water partition coefficient (Wildman–Crippen LogP) is 2.76. The number of rotatable bonds is 6. The fourth-order valence-corrected chi connectivity index (χ4v) is 2.88. The molecule has 2 N–H and O–H groups in total. The number of carbonyl (C=O) groups is 2. The first kappa shape index (κ1) is 25.7. The molecule has 2 aliphatic rings. The fraction of sp³-hybridized carbons (Fsp3) is 0.682. The van der Waals surface area contributed by atoms with Crippen LogP contribution in [-0.2, 0) is 16.0 Å². The molecule has 2 fully saturated rings. The van der Waals surface area contributed by atoms with Crippen LogP contribution in [0.15, 0.2) is 19.5 Å². The fourth-order valence-electron chi connectivity index (χ4n) is 2.88. The minimum absolute atomic E-state index is 0.200. The third-order valence-electron chi connectivity index (χ3n) is 4.68. The molecule has 0 spiro atoms. The first-order valence-corrected chi connectivity index (χ1v) is 10.7. The van der Waals surface area contributed by atoms with E-state index in [9.17, 15) is 9.59 Å². The van der Waals surface area contributed by atoms with Gasteiger partial charge in [-0.15, -0.1) is 13.2 Å². The number of imidazole rings is 1. The summed E-state index contributed by atoms with van der Waals surface area (Å²) in [5.74, 6) is 0.760. The van der Waals surface area contributed by atoms with E-state index < -0.39 is 0 Å². The second kappa shape index (κ2) is 13.1. The van der Waals surface area contributed by atoms with Gasteiger partial charge < -0.3 is 24.8 Å². The van der Waals surface area contributed by atoms with E-state index in [1.807, 2.05) is 32.6 Å². The number of ether oxygens (including phenoxy) is 1. The third-order valence-corrected chi connectivity index (χ3v) is 4.68. The molecule has 0 atom stereocenters. The molecule has 8 nitrogen and oxygen atoms in total. The van der Waals surface area contributed by atoms with Crippen molar-refractivity contribution in [1.29, 1.82) is 0 Å². The molecule has 1 aromatic heterocycles. The minimum Gasteiger partial charge on any atom is -0.444 e. The zero-order valence-electron chi connectivity index (χ0n) is 19.1. The lowest BCUT2D eigenvalue weighted by atomic mass is 10.2. The summed E-state index contributed by atoms with van der Waals surface area (Å²) in [5, 5.41) is 3.18. The smallest absolute Gasteiger partial charge is 0.410 e. The van der Waals surface area contributed by atoms with Crippen LogP contribution in [-0.4, -0.2) is 77.1 Å². The molecule has 0 radical (unpaired) electrons. The van der Waals surface area contributed by atoms with E-state index in [-0.39, 0.29) is 11.7 Å². The van der Waals surface area contributed by atoms with Gasteiger partial charge in [0.25, 0.3) is 0 Å². The number of hydrogen-bond acceptors (Lipinski definition) is 5. The number of carbonyl (C=O) groups excluding carboxylic acids is 2. The van der Waals surface area contributed by atoms with E-state index in [4.69, 9.17) is 4.74 Å². The van der Waals surface area contributed by atoms with E-state index in [1.54, 1.807) is 11.2 Å². The summed E-state index contributed by atoms with van der Waals surface area (Å²) in [6.45, 7) is 18.6. The highest BCUT2D eigenvalue weighted by Gasteiger charge is 2.24. The Morgan fingerprint density at radius 2 is 1.97 bits per heavy atom. The zero-order chi connectivity index (χ0) is 22.6. The molecule has 1 saturated heterocycles. The summed E-state index contributed by atoms with van der Waals surface area (Å²) in [6, 6.07) is 0. The second-order valence-corrected chi connectivity index (χ2v) is 8.49. The summed E-state index contributed by atoms with van der Waals surface area (Å²) in [6.07, 6.45) is 5.88. The van der Waals surface area contributed by atoms with Crippen molar-refractivity contribution in [3.8, 4) is 0 Å². The maximum atomic E-state index is 11.5. The number of aromatic nitrogens is 2. The minimum atomic E-state index is -0.387. The highest BCUT2D eigenvalue weighted by Crippen LogP contribution is 2.29. The van der Waals surface area contributed by atoms with Gasteiger partial charge in [0, 0.05) is 51.4 Å². The standard InChI is InChI=1S/C11H17N3O.C9H18N2O2.C2H4/c1-9-11(13-7-12-9)4-5-14(8-15)6-10-2-3-10;1-9(2,3)13-8(12)11-6-4-10-5-7-11;1-2/h7-8,10H,2-6H2,1H3,(H,12,13);10H,4-7H2,1-3H3;1-2H2. The van der Waals surface area contributed by atoms with Crippen molar-refractivity contribution in [3.63, 3.8) is 0 Å². The van der Waals surface area contributed by atoms with Gasteiger partial charge in [-0.1, -0.05) is 0 Å². The van der Waals surface area contributed by atoms with Crippen molar-refractivity contribution >= 4 is 12.5 Å². The Morgan fingerprint density at radius 1 is 1.33 bits per heavy atom. The van der Waals surface area contributed by atoms with Crippen LogP contribution in [0, 0.1) is 12.8 Å². The summed E-state index contributed by atoms with van der Waals surface area (Å²) >= 11 is 0. The van der Waals surface area contributed by atoms with E-state index in [0.29, 0.717) is 0 Å². The van der Waals surface area contributed by atoms with Gasteiger partial charge >= 0.3 is 6.09 Å². The van der Waals surface area contributed by atoms with Gasteiger partial charge in [-0.3, -0.25) is 4.79 Å². The topological polar surface area (TPSA) is 90.6 Å². The van der Waals surface area contributed by atoms with E-state index in [0.717, 1.165) is 69.4 Å². The SMILES string of the molecule is C=C.CC(C)(C)OC(=O)N1CCNCC1.Cc1[nH]cnc1CCN(C=O)CC1CC1. The number of nitrogens with zero attached hydrogens (tertiary/aromatic N) is 3. The van der Waals surface area contributed by atoms with Crippen LogP contribution in [0.5, 0.6) is 0 Å². The van der Waals surface area contributed by atoms with Gasteiger partial charge in [0.05, 0.1) is 12.0 Å². The van der Waals surface area contributed by atoms with Crippen molar-refractivity contribution in [2.75, 3.05) is 39.3 Å². The van der Waals surface area contributed by atoms with Crippen LogP contribution in [0.1, 0.15) is 45.0 Å². The van der Waals surface area contributed by atoms with Crippen molar-refractivity contribution in [2.45, 2.75) is 52.6 Å². The molecule has 0 bridgehead atoms. The summed E-state index contributed by atoms with van der Waals surface area (Å²) < 4.78 is 5.24. The van der Waals surface area contributed by atoms with Gasteiger partial charge in [0.2, 0.25) is 6.41 Å². The van der Waals surface area contributed by atoms with Crippen molar-refractivity contribution < 1.29 is 14.3 Å². The highest BCUT2D eigenvalue weighted by molar-refractivity contribution is 5.68. The summed E-state index contributed by atoms with van der Waals surface area (Å²) in [5.41, 5.74) is 1.78. The molecule has 2 heterocycles. The number of H-pyrrole nitrogens is 1. The van der Waals surface area contributed by atoms with E-state index >= 15 is 0 Å². The van der Waals surface area contributed by atoms with Crippen LogP contribution in [0.2, 0.25) is 0 Å². The van der Waals surface area contributed by atoms with Crippen molar-refractivity contribution in [2.24, 2.45) is 5.92 Å². The third kappa shape index (κ3) is 10.4. The van der Waals surface area contributed by atoms with E-state index in [1.165, 1.54) is 12.8 Å². The zero-order valence-corrected chi connectivity index (χ0v) is 19.1. The lowest BCUT2D eigenvalue weighted by Gasteiger charge is -2.30. The van der Waals surface area contributed by atoms with Crippen LogP contribution in [0.4, 0.5) is 4.79 Å². The molecule has 0 unspecified atom stereocenters. The number of aryl methyl sites for hydroxylation is 1. The Balaban J connectivity index is 0.000000280. The number of piperazine rings is 1. The molecular weight excluding hydrogens is 382 g/mol. The van der Waals surface area contributed by atoms with Crippen LogP contribution in [0.25, 0.3) is 0 Å². The lowest BCUT2D eigenvalue weighted by Crippen LogP contribution is -2.48. The molecule has 8 heteroatoms. The molecule has 0 aromatic carbocycles. The number of aromatic amines is 1.